The predicted octanol–water partition coefficient (Wildman–Crippen LogP) is 0.551. The van der Waals surface area contributed by atoms with E-state index in [1.807, 2.05) is 34.9 Å². The molecule has 1 fully saturated rings. The van der Waals surface area contributed by atoms with Gasteiger partial charge in [-0.15, -0.1) is 0 Å². The molecular formula is C22H25N5O6S. The molecule has 180 valence electrons. The molecule has 1 aliphatic heterocycles. The van der Waals surface area contributed by atoms with E-state index in [-0.39, 0.29) is 16.7 Å². The zero-order valence-corrected chi connectivity index (χ0v) is 19.2. The van der Waals surface area contributed by atoms with E-state index in [0.717, 1.165) is 5.39 Å². The number of rotatable bonds is 0. The number of aromatic amines is 4. The van der Waals surface area contributed by atoms with Crippen molar-refractivity contribution < 1.29 is 4.42 Å². The van der Waals surface area contributed by atoms with Crippen LogP contribution in [0.1, 0.15) is 5.56 Å². The minimum Gasteiger partial charge on any atom is -0.423 e. The van der Waals surface area contributed by atoms with E-state index in [2.05, 4.69) is 20.3 Å². The molecule has 34 heavy (non-hydrogen) atoms. The fourth-order valence-corrected chi connectivity index (χ4v) is 3.17. The Balaban J connectivity index is 0.000000164. The number of fused-ring (bicyclic) bond motifs is 1. The Hall–Kier alpha value is -3.90. The van der Waals surface area contributed by atoms with E-state index in [1.54, 1.807) is 19.1 Å². The summed E-state index contributed by atoms with van der Waals surface area (Å²) < 4.78 is 4.91. The Morgan fingerprint density at radius 1 is 0.824 bits per heavy atom. The summed E-state index contributed by atoms with van der Waals surface area (Å²) >= 11 is 2.03. The first kappa shape index (κ1) is 26.4. The standard InChI is InChI=1S/C9H6O2.C5H6N2O2.C4H4N2O2.C4H9NS/c10-9-6-5-7-3-1-2-4-8(7)11-9;1-3-2-6-5(9)7-4(3)8;7-3-1-2-5-4(8)6-3;1-3-6-4-2-5-1/h1-6H;2H,1H3,(H2,6,7,8,9);1-2H,(H2,5,6,7,8);5H,1-4H2. The number of nitrogens with one attached hydrogen (secondary N) is 5. The molecule has 12 heteroatoms. The lowest BCUT2D eigenvalue weighted by Gasteiger charge is -2.08. The summed E-state index contributed by atoms with van der Waals surface area (Å²) in [4.78, 5) is 60.7. The quantitative estimate of drug-likeness (QED) is 0.224. The lowest BCUT2D eigenvalue weighted by atomic mass is 10.2. The predicted molar refractivity (Wildman–Crippen MR) is 133 cm³/mol. The lowest BCUT2D eigenvalue weighted by molar-refractivity contribution is 0.561. The van der Waals surface area contributed by atoms with E-state index in [4.69, 9.17) is 4.42 Å². The Morgan fingerprint density at radius 2 is 1.53 bits per heavy atom. The minimum atomic E-state index is -0.475. The molecule has 0 bridgehead atoms. The van der Waals surface area contributed by atoms with E-state index in [9.17, 15) is 24.0 Å². The van der Waals surface area contributed by atoms with Crippen molar-refractivity contribution in [2.24, 2.45) is 0 Å². The van der Waals surface area contributed by atoms with Crippen LogP contribution in [0.4, 0.5) is 0 Å². The molecule has 3 aromatic heterocycles. The van der Waals surface area contributed by atoms with Crippen LogP contribution in [0.2, 0.25) is 0 Å². The second kappa shape index (κ2) is 14.3. The molecule has 5 rings (SSSR count). The summed E-state index contributed by atoms with van der Waals surface area (Å²) in [6.07, 6.45) is 2.67. The zero-order chi connectivity index (χ0) is 24.8. The average molecular weight is 488 g/mol. The van der Waals surface area contributed by atoms with Crippen LogP contribution < -0.4 is 33.4 Å². The number of H-pyrrole nitrogens is 4. The van der Waals surface area contributed by atoms with Gasteiger partial charge in [0.2, 0.25) is 0 Å². The number of para-hydroxylation sites is 1. The molecule has 1 aliphatic rings. The average Bonchev–Trinajstić information content (AvgIpc) is 2.84. The zero-order valence-electron chi connectivity index (χ0n) is 18.4. The molecule has 0 atom stereocenters. The van der Waals surface area contributed by atoms with Gasteiger partial charge in [0.1, 0.15) is 5.58 Å². The van der Waals surface area contributed by atoms with Gasteiger partial charge in [-0.25, -0.2) is 14.4 Å². The number of aryl methyl sites for hydroxylation is 1. The number of hydrogen-bond acceptors (Lipinski definition) is 8. The Morgan fingerprint density at radius 3 is 2.06 bits per heavy atom. The summed E-state index contributed by atoms with van der Waals surface area (Å²) in [5, 5.41) is 4.21. The molecule has 0 unspecified atom stereocenters. The maximum absolute atomic E-state index is 10.7. The summed E-state index contributed by atoms with van der Waals surface area (Å²) in [6, 6.07) is 11.8. The first-order valence-corrected chi connectivity index (χ1v) is 11.3. The Kier molecular flexibility index (Phi) is 11.1. The molecule has 4 heterocycles. The largest absolute Gasteiger partial charge is 0.423 e. The van der Waals surface area contributed by atoms with Crippen molar-refractivity contribution in [1.82, 2.24) is 25.3 Å². The van der Waals surface area contributed by atoms with E-state index < -0.39 is 11.4 Å². The van der Waals surface area contributed by atoms with Crippen LogP contribution in [0.25, 0.3) is 11.0 Å². The van der Waals surface area contributed by atoms with Gasteiger partial charge < -0.3 is 19.7 Å². The van der Waals surface area contributed by atoms with Crippen LogP contribution in [0.5, 0.6) is 0 Å². The summed E-state index contributed by atoms with van der Waals surface area (Å²) in [7, 11) is 0. The summed E-state index contributed by atoms with van der Waals surface area (Å²) in [5.41, 5.74) is -0.811. The van der Waals surface area contributed by atoms with Crippen molar-refractivity contribution in [3.8, 4) is 0 Å². The van der Waals surface area contributed by atoms with Gasteiger partial charge in [-0.05, 0) is 19.1 Å². The molecule has 11 nitrogen and oxygen atoms in total. The molecular weight excluding hydrogens is 462 g/mol. The summed E-state index contributed by atoms with van der Waals surface area (Å²) in [5.74, 6) is 2.61. The van der Waals surface area contributed by atoms with E-state index in [0.29, 0.717) is 11.1 Å². The minimum absolute atomic E-state index is 0.302. The van der Waals surface area contributed by atoms with Gasteiger partial charge in [-0.2, -0.15) is 11.8 Å². The van der Waals surface area contributed by atoms with Crippen molar-refractivity contribution in [3.63, 3.8) is 0 Å². The molecule has 1 aromatic carbocycles. The van der Waals surface area contributed by atoms with Gasteiger partial charge in [0.15, 0.2) is 0 Å². The highest BCUT2D eigenvalue weighted by Gasteiger charge is 1.94. The van der Waals surface area contributed by atoms with E-state index in [1.165, 1.54) is 49.1 Å². The van der Waals surface area contributed by atoms with Crippen molar-refractivity contribution in [2.45, 2.75) is 6.92 Å². The molecule has 0 radical (unpaired) electrons. The van der Waals surface area contributed by atoms with Crippen LogP contribution >= 0.6 is 11.8 Å². The van der Waals surface area contributed by atoms with Crippen molar-refractivity contribution in [3.05, 3.63) is 113 Å². The van der Waals surface area contributed by atoms with E-state index >= 15 is 0 Å². The lowest BCUT2D eigenvalue weighted by Crippen LogP contribution is -2.24. The Bertz CT molecular complexity index is 1410. The fraction of sp³-hybridized carbons (Fsp3) is 0.227. The van der Waals surface area contributed by atoms with Crippen LogP contribution in [0, 0.1) is 6.92 Å². The van der Waals surface area contributed by atoms with Crippen molar-refractivity contribution >= 4 is 22.7 Å². The first-order valence-electron chi connectivity index (χ1n) is 10.2. The van der Waals surface area contributed by atoms with Crippen molar-refractivity contribution in [1.29, 1.82) is 0 Å². The number of aromatic nitrogens is 4. The number of benzene rings is 1. The Labute approximate surface area is 196 Å². The smallest absolute Gasteiger partial charge is 0.336 e. The SMILES string of the molecule is C1CSCCN1.Cc1c[nH]c(=O)[nH]c1=O.O=c1cc[nH]c(=O)[nH]1.O=c1ccc2ccccc2o1. The van der Waals surface area contributed by atoms with Gasteiger partial charge in [0.25, 0.3) is 11.1 Å². The highest BCUT2D eigenvalue weighted by atomic mass is 32.2. The van der Waals surface area contributed by atoms with Gasteiger partial charge >= 0.3 is 17.0 Å². The topological polar surface area (TPSA) is 174 Å². The molecule has 0 saturated carbocycles. The van der Waals surface area contributed by atoms with Crippen molar-refractivity contribution in [2.75, 3.05) is 24.6 Å². The van der Waals surface area contributed by atoms with Crippen LogP contribution in [-0.2, 0) is 0 Å². The van der Waals surface area contributed by atoms with Gasteiger partial charge in [-0.3, -0.25) is 19.6 Å². The second-order valence-corrected chi connectivity index (χ2v) is 7.93. The summed E-state index contributed by atoms with van der Waals surface area (Å²) in [6.45, 7) is 4.05. The first-order chi connectivity index (χ1) is 16.3. The highest BCUT2D eigenvalue weighted by Crippen LogP contribution is 2.08. The molecule has 0 amide bonds. The fourth-order valence-electron chi connectivity index (χ4n) is 2.39. The molecule has 0 aliphatic carbocycles. The van der Waals surface area contributed by atoms with Crippen LogP contribution in [-0.4, -0.2) is 44.5 Å². The second-order valence-electron chi connectivity index (χ2n) is 6.71. The third-order valence-electron chi connectivity index (χ3n) is 4.07. The number of hydrogen-bond donors (Lipinski definition) is 5. The molecule has 0 spiro atoms. The maximum Gasteiger partial charge on any atom is 0.336 e. The molecule has 5 N–H and O–H groups in total. The molecule has 1 saturated heterocycles. The van der Waals surface area contributed by atoms with Crippen LogP contribution in [0.15, 0.2) is 83.2 Å². The normalized spacial score (nSPS) is 12.1. The van der Waals surface area contributed by atoms with Gasteiger partial charge in [-0.1, -0.05) is 18.2 Å². The van der Waals surface area contributed by atoms with Gasteiger partial charge in [0.05, 0.1) is 0 Å². The highest BCUT2D eigenvalue weighted by molar-refractivity contribution is 7.99. The monoisotopic (exact) mass is 487 g/mol. The maximum atomic E-state index is 10.7. The molecule has 4 aromatic rings. The van der Waals surface area contributed by atoms with Crippen LogP contribution in [0.3, 0.4) is 0 Å². The van der Waals surface area contributed by atoms with Gasteiger partial charge in [0, 0.05) is 60.1 Å². The third-order valence-corrected chi connectivity index (χ3v) is 5.05. The third kappa shape index (κ3) is 10.1. The number of thioether (sulfide) groups is 1.